The highest BCUT2D eigenvalue weighted by molar-refractivity contribution is 5.96. The summed E-state index contributed by atoms with van der Waals surface area (Å²) < 4.78 is 64.5. The Kier molecular flexibility index (Phi) is 6.01. The maximum atomic E-state index is 15.2. The Morgan fingerprint density at radius 1 is 1.08 bits per heavy atom. The zero-order valence-corrected chi connectivity index (χ0v) is 21.7. The van der Waals surface area contributed by atoms with Crippen molar-refractivity contribution in [3.05, 3.63) is 75.7 Å². The van der Waals surface area contributed by atoms with Gasteiger partial charge in [0.25, 0.3) is 5.56 Å². The van der Waals surface area contributed by atoms with Gasteiger partial charge >= 0.3 is 6.18 Å². The van der Waals surface area contributed by atoms with Crippen molar-refractivity contribution in [2.45, 2.75) is 51.1 Å². The van der Waals surface area contributed by atoms with E-state index >= 15 is 4.39 Å². The van der Waals surface area contributed by atoms with Gasteiger partial charge in [0.15, 0.2) is 0 Å². The fourth-order valence-corrected chi connectivity index (χ4v) is 5.14. The minimum Gasteiger partial charge on any atom is -0.367 e. The number of pyridine rings is 2. The lowest BCUT2D eigenvalue weighted by molar-refractivity contribution is -0.137. The van der Waals surface area contributed by atoms with Gasteiger partial charge in [0.1, 0.15) is 17.7 Å². The van der Waals surface area contributed by atoms with Crippen LogP contribution in [0.15, 0.2) is 47.5 Å². The van der Waals surface area contributed by atoms with Crippen LogP contribution < -0.4 is 10.5 Å². The van der Waals surface area contributed by atoms with Gasteiger partial charge in [-0.05, 0) is 57.0 Å². The van der Waals surface area contributed by atoms with Gasteiger partial charge in [-0.15, -0.1) is 0 Å². The zero-order valence-electron chi connectivity index (χ0n) is 21.7. The summed E-state index contributed by atoms with van der Waals surface area (Å²) in [6.45, 7) is 4.55. The third-order valence-corrected chi connectivity index (χ3v) is 7.51. The number of hydrogen-bond acceptors (Lipinski definition) is 5. The van der Waals surface area contributed by atoms with E-state index in [1.807, 2.05) is 22.7 Å². The second-order valence-electron chi connectivity index (χ2n) is 10.5. The number of fused-ring (bicyclic) bond motifs is 1. The molecule has 1 aliphatic carbocycles. The van der Waals surface area contributed by atoms with Gasteiger partial charge in [-0.25, -0.2) is 9.37 Å². The lowest BCUT2D eigenvalue weighted by atomic mass is 10.0. The van der Waals surface area contributed by atoms with E-state index < -0.39 is 17.6 Å². The van der Waals surface area contributed by atoms with Crippen LogP contribution in [0.2, 0.25) is 0 Å². The summed E-state index contributed by atoms with van der Waals surface area (Å²) >= 11 is 0. The average molecular weight is 542 g/mol. The molecule has 4 heterocycles. The number of benzene rings is 1. The third kappa shape index (κ3) is 4.69. The molecule has 0 amide bonds. The van der Waals surface area contributed by atoms with Crippen LogP contribution in [-0.2, 0) is 18.0 Å². The maximum absolute atomic E-state index is 15.2. The highest BCUT2D eigenvalue weighted by atomic mass is 19.4. The minimum absolute atomic E-state index is 0.105. The molecular formula is C28H27F4N5O2. The molecule has 2 aliphatic rings. The number of aromatic nitrogens is 4. The van der Waals surface area contributed by atoms with Gasteiger partial charge in [-0.1, -0.05) is 0 Å². The highest BCUT2D eigenvalue weighted by Crippen LogP contribution is 2.38. The lowest BCUT2D eigenvalue weighted by Crippen LogP contribution is -2.43. The topological polar surface area (TPSA) is 65.2 Å². The van der Waals surface area contributed by atoms with Gasteiger partial charge in [0.05, 0.1) is 41.5 Å². The van der Waals surface area contributed by atoms with E-state index in [0.717, 1.165) is 30.5 Å². The molecule has 1 saturated carbocycles. The summed E-state index contributed by atoms with van der Waals surface area (Å²) in [7, 11) is 1.64. The van der Waals surface area contributed by atoms with Crippen LogP contribution in [-0.4, -0.2) is 38.5 Å². The van der Waals surface area contributed by atoms with E-state index in [1.165, 1.54) is 4.57 Å². The van der Waals surface area contributed by atoms with E-state index in [0.29, 0.717) is 47.5 Å². The number of ether oxygens (including phenoxy) is 1. The van der Waals surface area contributed by atoms with Crippen LogP contribution in [0.5, 0.6) is 0 Å². The van der Waals surface area contributed by atoms with Crippen LogP contribution in [0.3, 0.4) is 0 Å². The molecule has 0 spiro atoms. The fraction of sp³-hybridized carbons (Fsp3) is 0.393. The Morgan fingerprint density at radius 2 is 1.85 bits per heavy atom. The standard InChI is InChI=1S/C28H27F4N5O2/c1-15-8-21-22(27(38)35(15)3)10-25(34-26(21)20-7-4-18(9-23(20)29)28(30,31)32)36-12-16(2)39-24(14-36)17-11-33-37(13-17)19-5-6-19/h4,7-11,13,16,19,24H,5-6,12,14H2,1-3H3/t16-,24?/m0/s1. The largest absolute Gasteiger partial charge is 0.416 e. The molecule has 1 unspecified atom stereocenters. The molecule has 0 N–H and O–H groups in total. The number of nitrogens with zero attached hydrogens (tertiary/aromatic N) is 5. The number of aryl methyl sites for hydroxylation is 1. The maximum Gasteiger partial charge on any atom is 0.416 e. The second-order valence-corrected chi connectivity index (χ2v) is 10.5. The summed E-state index contributed by atoms with van der Waals surface area (Å²) in [5.74, 6) is -0.637. The molecule has 1 aromatic carbocycles. The molecule has 2 fully saturated rings. The van der Waals surface area contributed by atoms with Crippen molar-refractivity contribution in [2.75, 3.05) is 18.0 Å². The monoisotopic (exact) mass is 541 g/mol. The summed E-state index contributed by atoms with van der Waals surface area (Å²) in [6.07, 6.45) is 0.836. The van der Waals surface area contributed by atoms with E-state index in [4.69, 9.17) is 9.72 Å². The van der Waals surface area contributed by atoms with Crippen molar-refractivity contribution in [3.63, 3.8) is 0 Å². The molecule has 0 radical (unpaired) electrons. The van der Waals surface area contributed by atoms with Crippen LogP contribution in [0.25, 0.3) is 22.0 Å². The third-order valence-electron chi connectivity index (χ3n) is 7.51. The summed E-state index contributed by atoms with van der Waals surface area (Å²) in [5, 5.41) is 5.15. The Bertz CT molecular complexity index is 1640. The van der Waals surface area contributed by atoms with Crippen LogP contribution in [0, 0.1) is 12.7 Å². The van der Waals surface area contributed by atoms with E-state index in [2.05, 4.69) is 5.10 Å². The summed E-state index contributed by atoms with van der Waals surface area (Å²) in [5.41, 5.74) is 0.166. The molecule has 3 aromatic heterocycles. The van der Waals surface area contributed by atoms with Gasteiger partial charge in [-0.3, -0.25) is 9.48 Å². The first-order valence-electron chi connectivity index (χ1n) is 12.8. The molecule has 0 bridgehead atoms. The molecular weight excluding hydrogens is 514 g/mol. The molecule has 2 atom stereocenters. The molecule has 204 valence electrons. The first-order valence-corrected chi connectivity index (χ1v) is 12.8. The molecule has 11 heteroatoms. The van der Waals surface area contributed by atoms with Crippen molar-refractivity contribution in [1.29, 1.82) is 0 Å². The Morgan fingerprint density at radius 3 is 2.54 bits per heavy atom. The SMILES string of the molecule is Cc1cc2c(-c3ccc(C(F)(F)F)cc3F)nc(N3CC(c4cnn(C5CC5)c4)O[C@@H](C)C3)cc2c(=O)n1C. The molecule has 1 saturated heterocycles. The Labute approximate surface area is 221 Å². The quantitative estimate of drug-likeness (QED) is 0.317. The molecule has 1 aliphatic heterocycles. The normalized spacial score (nSPS) is 20.1. The van der Waals surface area contributed by atoms with Crippen LogP contribution in [0.1, 0.15) is 48.7 Å². The molecule has 7 nitrogen and oxygen atoms in total. The van der Waals surface area contributed by atoms with Crippen molar-refractivity contribution < 1.29 is 22.3 Å². The summed E-state index contributed by atoms with van der Waals surface area (Å²) in [4.78, 5) is 20.0. The fourth-order valence-electron chi connectivity index (χ4n) is 5.14. The van der Waals surface area contributed by atoms with E-state index in [9.17, 15) is 18.0 Å². The van der Waals surface area contributed by atoms with Gasteiger partial charge in [0, 0.05) is 42.0 Å². The molecule has 4 aromatic rings. The van der Waals surface area contributed by atoms with Crippen molar-refractivity contribution in [3.8, 4) is 11.3 Å². The van der Waals surface area contributed by atoms with Crippen LogP contribution >= 0.6 is 0 Å². The van der Waals surface area contributed by atoms with Crippen molar-refractivity contribution in [2.24, 2.45) is 7.05 Å². The number of rotatable bonds is 4. The zero-order chi connectivity index (χ0) is 27.6. The first kappa shape index (κ1) is 25.5. The smallest absolute Gasteiger partial charge is 0.367 e. The lowest BCUT2D eigenvalue weighted by Gasteiger charge is -2.37. The number of halogens is 4. The number of morpholine rings is 1. The van der Waals surface area contributed by atoms with Crippen molar-refractivity contribution >= 4 is 16.6 Å². The Balaban J connectivity index is 1.47. The van der Waals surface area contributed by atoms with Crippen molar-refractivity contribution in [1.82, 2.24) is 19.3 Å². The number of hydrogen-bond donors (Lipinski definition) is 0. The van der Waals surface area contributed by atoms with E-state index in [1.54, 1.807) is 32.3 Å². The van der Waals surface area contributed by atoms with Crippen LogP contribution in [0.4, 0.5) is 23.4 Å². The van der Waals surface area contributed by atoms with Gasteiger partial charge < -0.3 is 14.2 Å². The second kappa shape index (κ2) is 9.18. The first-order chi connectivity index (χ1) is 18.5. The summed E-state index contributed by atoms with van der Waals surface area (Å²) in [6, 6.07) is 6.18. The predicted octanol–water partition coefficient (Wildman–Crippen LogP) is 5.56. The Hall–Kier alpha value is -3.73. The average Bonchev–Trinajstić information content (AvgIpc) is 3.62. The van der Waals surface area contributed by atoms with Gasteiger partial charge in [0.2, 0.25) is 0 Å². The predicted molar refractivity (Wildman–Crippen MR) is 138 cm³/mol. The number of alkyl halides is 3. The van der Waals surface area contributed by atoms with E-state index in [-0.39, 0.29) is 29.0 Å². The minimum atomic E-state index is -4.69. The highest BCUT2D eigenvalue weighted by Gasteiger charge is 2.33. The van der Waals surface area contributed by atoms with Gasteiger partial charge in [-0.2, -0.15) is 18.3 Å². The molecule has 6 rings (SSSR count). The number of anilines is 1. The molecule has 39 heavy (non-hydrogen) atoms.